The lowest BCUT2D eigenvalue weighted by atomic mass is 9.92. The lowest BCUT2D eigenvalue weighted by Gasteiger charge is -2.39. The Morgan fingerprint density at radius 2 is 1.89 bits per heavy atom. The molecule has 154 valence electrons. The maximum absolute atomic E-state index is 5.54. The third-order valence-electron chi connectivity index (χ3n) is 5.66. The molecule has 0 saturated carbocycles. The van der Waals surface area contributed by atoms with Crippen LogP contribution in [0, 0.1) is 19.8 Å². The molecule has 0 aromatic carbocycles. The predicted molar refractivity (Wildman–Crippen MR) is 109 cm³/mol. The molecule has 0 aliphatic carbocycles. The van der Waals surface area contributed by atoms with Gasteiger partial charge in [0.15, 0.2) is 5.96 Å². The number of aliphatic imine (C=N–C) groups is 1. The molecular formula is C20H37N5O2. The second-order valence-corrected chi connectivity index (χ2v) is 7.22. The molecular weight excluding hydrogens is 342 g/mol. The summed E-state index contributed by atoms with van der Waals surface area (Å²) < 4.78 is 10.8. The molecule has 0 spiro atoms. The largest absolute Gasteiger partial charge is 0.379 e. The van der Waals surface area contributed by atoms with Crippen LogP contribution in [0.5, 0.6) is 0 Å². The number of nitrogens with zero attached hydrogens (tertiary/aromatic N) is 3. The fourth-order valence-electron chi connectivity index (χ4n) is 3.92. The van der Waals surface area contributed by atoms with E-state index in [4.69, 9.17) is 9.26 Å². The number of rotatable bonds is 9. The Hall–Kier alpha value is -1.60. The Morgan fingerprint density at radius 1 is 1.19 bits per heavy atom. The summed E-state index contributed by atoms with van der Waals surface area (Å²) in [4.78, 5) is 6.97. The Labute approximate surface area is 163 Å². The number of hydrogen-bond acceptors (Lipinski definition) is 5. The summed E-state index contributed by atoms with van der Waals surface area (Å²) in [6.45, 7) is 13.9. The van der Waals surface area contributed by atoms with Gasteiger partial charge < -0.3 is 19.9 Å². The normalized spacial score (nSPS) is 17.3. The molecule has 7 nitrogen and oxygen atoms in total. The average molecular weight is 380 g/mol. The van der Waals surface area contributed by atoms with Crippen LogP contribution in [0.3, 0.4) is 0 Å². The molecule has 1 aromatic rings. The summed E-state index contributed by atoms with van der Waals surface area (Å²) in [6, 6.07) is 0.505. The monoisotopic (exact) mass is 379 g/mol. The van der Waals surface area contributed by atoms with Crippen molar-refractivity contribution < 1.29 is 9.26 Å². The lowest BCUT2D eigenvalue weighted by molar-refractivity contribution is 0.00272. The molecule has 27 heavy (non-hydrogen) atoms. The van der Waals surface area contributed by atoms with E-state index in [1.807, 2.05) is 20.9 Å². The fraction of sp³-hybridized carbons (Fsp3) is 0.800. The van der Waals surface area contributed by atoms with Crippen LogP contribution in [0.25, 0.3) is 0 Å². The van der Waals surface area contributed by atoms with Gasteiger partial charge in [0, 0.05) is 44.8 Å². The van der Waals surface area contributed by atoms with Crippen LogP contribution in [-0.4, -0.2) is 68.5 Å². The molecule has 1 fully saturated rings. The molecule has 1 aliphatic heterocycles. The zero-order chi connectivity index (χ0) is 19.6. The van der Waals surface area contributed by atoms with E-state index in [1.165, 1.54) is 18.4 Å². The zero-order valence-corrected chi connectivity index (χ0v) is 17.7. The van der Waals surface area contributed by atoms with Crippen molar-refractivity contribution in [1.29, 1.82) is 0 Å². The van der Waals surface area contributed by atoms with Gasteiger partial charge in [0.05, 0.1) is 18.9 Å². The van der Waals surface area contributed by atoms with Gasteiger partial charge in [0.25, 0.3) is 0 Å². The number of nitrogens with one attached hydrogen (secondary N) is 2. The summed E-state index contributed by atoms with van der Waals surface area (Å²) in [7, 11) is 1.83. The fourth-order valence-corrected chi connectivity index (χ4v) is 3.92. The summed E-state index contributed by atoms with van der Waals surface area (Å²) in [5.41, 5.74) is 2.15. The number of aromatic nitrogens is 1. The number of aryl methyl sites for hydroxylation is 2. The van der Waals surface area contributed by atoms with Crippen molar-refractivity contribution in [3.63, 3.8) is 0 Å². The molecule has 0 amide bonds. The molecule has 1 aromatic heterocycles. The molecule has 1 atom stereocenters. The highest BCUT2D eigenvalue weighted by atomic mass is 16.5. The van der Waals surface area contributed by atoms with Gasteiger partial charge in [-0.05, 0) is 26.2 Å². The summed E-state index contributed by atoms with van der Waals surface area (Å²) in [6.07, 6.45) is 3.26. The Balaban J connectivity index is 1.87. The second kappa shape index (κ2) is 11.3. The molecule has 1 saturated heterocycles. The number of hydrogen-bond donors (Lipinski definition) is 2. The molecule has 1 unspecified atom stereocenters. The van der Waals surface area contributed by atoms with E-state index < -0.39 is 0 Å². The summed E-state index contributed by atoms with van der Waals surface area (Å²) in [5.74, 6) is 2.43. The molecule has 2 heterocycles. The van der Waals surface area contributed by atoms with Crippen molar-refractivity contribution in [2.24, 2.45) is 10.9 Å². The number of morpholine rings is 1. The van der Waals surface area contributed by atoms with Gasteiger partial charge in [0.2, 0.25) is 0 Å². The van der Waals surface area contributed by atoms with Gasteiger partial charge in [-0.25, -0.2) is 0 Å². The van der Waals surface area contributed by atoms with Gasteiger partial charge in [-0.3, -0.25) is 9.89 Å². The van der Waals surface area contributed by atoms with Crippen LogP contribution in [-0.2, 0) is 11.2 Å². The molecule has 2 N–H and O–H groups in total. The maximum atomic E-state index is 5.54. The van der Waals surface area contributed by atoms with Gasteiger partial charge >= 0.3 is 0 Å². The molecule has 1 aliphatic rings. The molecule has 7 heteroatoms. The quantitative estimate of drug-likeness (QED) is 0.506. The first-order valence-electron chi connectivity index (χ1n) is 10.3. The van der Waals surface area contributed by atoms with Crippen LogP contribution < -0.4 is 10.6 Å². The van der Waals surface area contributed by atoms with Crippen LogP contribution in [0.4, 0.5) is 0 Å². The summed E-state index contributed by atoms with van der Waals surface area (Å²) in [5, 5.41) is 11.0. The second-order valence-electron chi connectivity index (χ2n) is 7.22. The first-order chi connectivity index (χ1) is 13.1. The first kappa shape index (κ1) is 21.7. The predicted octanol–water partition coefficient (Wildman–Crippen LogP) is 2.14. The lowest BCUT2D eigenvalue weighted by Crippen LogP contribution is -2.53. The SMILES string of the molecule is CCC(CC)C(CNC(=NC)NCCc1c(C)noc1C)N1CCOCC1. The van der Waals surface area contributed by atoms with E-state index >= 15 is 0 Å². The minimum absolute atomic E-state index is 0.505. The van der Waals surface area contributed by atoms with E-state index in [0.29, 0.717) is 12.0 Å². The van der Waals surface area contributed by atoms with Gasteiger partial charge in [-0.1, -0.05) is 31.8 Å². The third kappa shape index (κ3) is 6.21. The van der Waals surface area contributed by atoms with Crippen LogP contribution >= 0.6 is 0 Å². The highest BCUT2D eigenvalue weighted by molar-refractivity contribution is 5.79. The Kier molecular flexibility index (Phi) is 9.07. The molecule has 0 radical (unpaired) electrons. The van der Waals surface area contributed by atoms with E-state index in [-0.39, 0.29) is 0 Å². The number of guanidine groups is 1. The van der Waals surface area contributed by atoms with E-state index in [0.717, 1.165) is 63.2 Å². The standard InChI is InChI=1S/C20H37N5O2/c1-6-17(7-2)19(25-10-12-26-13-11-25)14-23-20(21-5)22-9-8-18-15(3)24-27-16(18)4/h17,19H,6-14H2,1-5H3,(H2,21,22,23). The van der Waals surface area contributed by atoms with Crippen molar-refractivity contribution in [3.05, 3.63) is 17.0 Å². The smallest absolute Gasteiger partial charge is 0.191 e. The van der Waals surface area contributed by atoms with Gasteiger partial charge in [0.1, 0.15) is 5.76 Å². The van der Waals surface area contributed by atoms with Crippen molar-refractivity contribution >= 4 is 5.96 Å². The van der Waals surface area contributed by atoms with E-state index in [1.54, 1.807) is 0 Å². The molecule has 2 rings (SSSR count). The highest BCUT2D eigenvalue weighted by Gasteiger charge is 2.27. The average Bonchev–Trinajstić information content (AvgIpc) is 3.02. The van der Waals surface area contributed by atoms with Crippen LogP contribution in [0.2, 0.25) is 0 Å². The minimum atomic E-state index is 0.505. The zero-order valence-electron chi connectivity index (χ0n) is 17.7. The van der Waals surface area contributed by atoms with E-state index in [9.17, 15) is 0 Å². The van der Waals surface area contributed by atoms with Crippen LogP contribution in [0.1, 0.15) is 43.7 Å². The number of ether oxygens (including phenoxy) is 1. The van der Waals surface area contributed by atoms with Crippen molar-refractivity contribution in [3.8, 4) is 0 Å². The molecule has 0 bridgehead atoms. The minimum Gasteiger partial charge on any atom is -0.379 e. The third-order valence-corrected chi connectivity index (χ3v) is 5.66. The Bertz CT molecular complexity index is 557. The topological polar surface area (TPSA) is 74.9 Å². The van der Waals surface area contributed by atoms with Crippen molar-refractivity contribution in [1.82, 2.24) is 20.7 Å². The Morgan fingerprint density at radius 3 is 2.44 bits per heavy atom. The highest BCUT2D eigenvalue weighted by Crippen LogP contribution is 2.19. The van der Waals surface area contributed by atoms with Crippen molar-refractivity contribution in [2.45, 2.75) is 53.0 Å². The van der Waals surface area contributed by atoms with Gasteiger partial charge in [-0.15, -0.1) is 0 Å². The van der Waals surface area contributed by atoms with Crippen LogP contribution in [0.15, 0.2) is 9.52 Å². The van der Waals surface area contributed by atoms with Crippen molar-refractivity contribution in [2.75, 3.05) is 46.4 Å². The van der Waals surface area contributed by atoms with Gasteiger partial charge in [-0.2, -0.15) is 0 Å². The van der Waals surface area contributed by atoms with E-state index in [2.05, 4.69) is 39.5 Å². The summed E-state index contributed by atoms with van der Waals surface area (Å²) >= 11 is 0. The maximum Gasteiger partial charge on any atom is 0.191 e. The first-order valence-corrected chi connectivity index (χ1v) is 10.3.